The lowest BCUT2D eigenvalue weighted by atomic mass is 10.3. The van der Waals surface area contributed by atoms with Crippen LogP contribution in [0.2, 0.25) is 0 Å². The van der Waals surface area contributed by atoms with E-state index in [1.165, 1.54) is 5.57 Å². The minimum Gasteiger partial charge on any atom is -0.487 e. The summed E-state index contributed by atoms with van der Waals surface area (Å²) in [7, 11) is 0. The second kappa shape index (κ2) is 5.03. The van der Waals surface area contributed by atoms with Crippen molar-refractivity contribution in [2.45, 2.75) is 13.8 Å². The van der Waals surface area contributed by atoms with Gasteiger partial charge in [0.15, 0.2) is 5.75 Å². The number of hydrogen-bond acceptors (Lipinski definition) is 3. The number of allylic oxidation sites excluding steroid dienone is 1. The Morgan fingerprint density at radius 3 is 3.07 bits per heavy atom. The summed E-state index contributed by atoms with van der Waals surface area (Å²) in [4.78, 5) is 3.89. The highest BCUT2D eigenvalue weighted by Crippen LogP contribution is 2.14. The van der Waals surface area contributed by atoms with Crippen molar-refractivity contribution in [2.75, 3.05) is 6.61 Å². The van der Waals surface area contributed by atoms with E-state index in [-0.39, 0.29) is 0 Å². The Morgan fingerprint density at radius 2 is 2.43 bits per heavy atom. The zero-order valence-corrected chi connectivity index (χ0v) is 8.32. The molecule has 0 unspecified atom stereocenters. The summed E-state index contributed by atoms with van der Waals surface area (Å²) >= 11 is 0. The summed E-state index contributed by atoms with van der Waals surface area (Å²) in [6.45, 7) is 4.47. The van der Waals surface area contributed by atoms with Crippen molar-refractivity contribution in [3.8, 4) is 11.8 Å². The predicted molar refractivity (Wildman–Crippen MR) is 53.9 cm³/mol. The minimum absolute atomic E-state index is 0.475. The molecule has 0 spiro atoms. The van der Waals surface area contributed by atoms with Gasteiger partial charge in [0.1, 0.15) is 12.7 Å². The largest absolute Gasteiger partial charge is 0.487 e. The third-order valence-electron chi connectivity index (χ3n) is 1.64. The first-order valence-electron chi connectivity index (χ1n) is 4.34. The summed E-state index contributed by atoms with van der Waals surface area (Å²) in [6, 6.07) is 3.68. The molecule has 0 atom stereocenters. The van der Waals surface area contributed by atoms with Gasteiger partial charge in [-0.25, -0.2) is 0 Å². The third kappa shape index (κ3) is 2.91. The van der Waals surface area contributed by atoms with Crippen molar-refractivity contribution < 1.29 is 4.74 Å². The molecule has 1 rings (SSSR count). The van der Waals surface area contributed by atoms with E-state index in [0.717, 1.165) is 0 Å². The molecule has 0 saturated heterocycles. The van der Waals surface area contributed by atoms with Gasteiger partial charge in [-0.3, -0.25) is 4.98 Å². The van der Waals surface area contributed by atoms with Gasteiger partial charge in [0, 0.05) is 6.20 Å². The van der Waals surface area contributed by atoms with E-state index in [0.29, 0.717) is 17.9 Å². The molecular weight excluding hydrogens is 176 g/mol. The Hall–Kier alpha value is -1.82. The number of nitriles is 1. The number of nitrogens with zero attached hydrogens (tertiary/aromatic N) is 2. The van der Waals surface area contributed by atoms with Gasteiger partial charge in [0.2, 0.25) is 0 Å². The molecule has 72 valence electrons. The number of hydrogen-bond donors (Lipinski definition) is 0. The van der Waals surface area contributed by atoms with Gasteiger partial charge in [-0.2, -0.15) is 5.26 Å². The molecule has 0 saturated carbocycles. The van der Waals surface area contributed by atoms with Crippen molar-refractivity contribution in [2.24, 2.45) is 0 Å². The topological polar surface area (TPSA) is 45.9 Å². The summed E-state index contributed by atoms with van der Waals surface area (Å²) in [5.41, 5.74) is 1.70. The number of rotatable bonds is 3. The Bertz CT molecular complexity index is 373. The average molecular weight is 188 g/mol. The van der Waals surface area contributed by atoms with Crippen molar-refractivity contribution in [3.05, 3.63) is 35.7 Å². The number of aromatic nitrogens is 1. The molecule has 3 nitrogen and oxygen atoms in total. The smallest absolute Gasteiger partial charge is 0.155 e. The molecule has 1 aromatic heterocycles. The molecule has 14 heavy (non-hydrogen) atoms. The highest BCUT2D eigenvalue weighted by Gasteiger charge is 2.00. The second-order valence-corrected chi connectivity index (χ2v) is 3.08. The molecule has 0 aliphatic heterocycles. The molecule has 3 heteroatoms. The second-order valence-electron chi connectivity index (χ2n) is 3.08. The molecule has 1 aromatic rings. The van der Waals surface area contributed by atoms with Crippen molar-refractivity contribution >= 4 is 0 Å². The van der Waals surface area contributed by atoms with E-state index < -0.39 is 0 Å². The Balaban J connectivity index is 2.68. The fourth-order valence-corrected chi connectivity index (χ4v) is 0.885. The Kier molecular flexibility index (Phi) is 3.69. The number of ether oxygens (including phenoxy) is 1. The maximum Gasteiger partial charge on any atom is 0.155 e. The molecule has 0 bridgehead atoms. The lowest BCUT2D eigenvalue weighted by Crippen LogP contribution is -1.96. The van der Waals surface area contributed by atoms with Gasteiger partial charge >= 0.3 is 0 Å². The normalized spacial score (nSPS) is 8.93. The maximum atomic E-state index is 8.75. The zero-order chi connectivity index (χ0) is 10.4. The highest BCUT2D eigenvalue weighted by atomic mass is 16.5. The van der Waals surface area contributed by atoms with Crippen LogP contribution in [0.5, 0.6) is 5.75 Å². The fourth-order valence-electron chi connectivity index (χ4n) is 0.885. The van der Waals surface area contributed by atoms with Crippen molar-refractivity contribution in [1.29, 1.82) is 5.26 Å². The molecule has 1 heterocycles. The van der Waals surface area contributed by atoms with E-state index in [4.69, 9.17) is 10.00 Å². The third-order valence-corrected chi connectivity index (χ3v) is 1.64. The summed E-state index contributed by atoms with van der Waals surface area (Å²) in [6.07, 6.45) is 5.08. The molecule has 0 aliphatic rings. The predicted octanol–water partition coefficient (Wildman–Crippen LogP) is 2.30. The van der Waals surface area contributed by atoms with Crippen LogP contribution in [-0.4, -0.2) is 11.6 Å². The average Bonchev–Trinajstić information content (AvgIpc) is 2.18. The van der Waals surface area contributed by atoms with Crippen LogP contribution < -0.4 is 4.74 Å². The van der Waals surface area contributed by atoms with Gasteiger partial charge in [-0.1, -0.05) is 5.57 Å². The number of pyridine rings is 1. The van der Waals surface area contributed by atoms with E-state index in [1.807, 2.05) is 26.0 Å². The van der Waals surface area contributed by atoms with Gasteiger partial charge in [0.05, 0.1) is 11.8 Å². The van der Waals surface area contributed by atoms with E-state index in [1.54, 1.807) is 18.5 Å². The van der Waals surface area contributed by atoms with Crippen LogP contribution in [0, 0.1) is 11.3 Å². The maximum absolute atomic E-state index is 8.75. The Morgan fingerprint density at radius 1 is 1.64 bits per heavy atom. The van der Waals surface area contributed by atoms with Crippen LogP contribution in [0.25, 0.3) is 0 Å². The molecule has 0 aromatic carbocycles. The summed E-state index contributed by atoms with van der Waals surface area (Å²) < 4.78 is 5.38. The highest BCUT2D eigenvalue weighted by molar-refractivity contribution is 5.40. The zero-order valence-electron chi connectivity index (χ0n) is 8.32. The van der Waals surface area contributed by atoms with E-state index in [9.17, 15) is 0 Å². The van der Waals surface area contributed by atoms with Crippen LogP contribution in [0.3, 0.4) is 0 Å². The molecule has 0 fully saturated rings. The Labute approximate surface area is 83.7 Å². The molecular formula is C11H12N2O. The quantitative estimate of drug-likeness (QED) is 0.684. The van der Waals surface area contributed by atoms with Gasteiger partial charge in [-0.05, 0) is 26.0 Å². The standard InChI is InChI=1S/C11H12N2O/c1-9(2)4-6-14-11-8-13-5-3-10(11)7-12/h3-5,8H,6H2,1-2H3. The van der Waals surface area contributed by atoms with Crippen LogP contribution in [0.1, 0.15) is 19.4 Å². The monoisotopic (exact) mass is 188 g/mol. The van der Waals surface area contributed by atoms with Crippen molar-refractivity contribution in [1.82, 2.24) is 4.98 Å². The van der Waals surface area contributed by atoms with Gasteiger partial charge in [-0.15, -0.1) is 0 Å². The first kappa shape index (κ1) is 10.3. The molecule has 0 N–H and O–H groups in total. The van der Waals surface area contributed by atoms with E-state index in [2.05, 4.69) is 4.98 Å². The summed E-state index contributed by atoms with van der Waals surface area (Å²) in [5.74, 6) is 0.535. The lowest BCUT2D eigenvalue weighted by molar-refractivity contribution is 0.359. The SMILES string of the molecule is CC(C)=CCOc1cnccc1C#N. The minimum atomic E-state index is 0.475. The molecule has 0 radical (unpaired) electrons. The first-order valence-corrected chi connectivity index (χ1v) is 4.34. The van der Waals surface area contributed by atoms with Crippen molar-refractivity contribution in [3.63, 3.8) is 0 Å². The fraction of sp³-hybridized carbons (Fsp3) is 0.273. The lowest BCUT2D eigenvalue weighted by Gasteiger charge is -2.03. The molecule has 0 amide bonds. The van der Waals surface area contributed by atoms with Crippen LogP contribution in [-0.2, 0) is 0 Å². The van der Waals surface area contributed by atoms with Crippen LogP contribution in [0.15, 0.2) is 30.1 Å². The van der Waals surface area contributed by atoms with Crippen LogP contribution >= 0.6 is 0 Å². The van der Waals surface area contributed by atoms with Gasteiger partial charge in [0.25, 0.3) is 0 Å². The molecule has 0 aliphatic carbocycles. The van der Waals surface area contributed by atoms with E-state index >= 15 is 0 Å². The van der Waals surface area contributed by atoms with Crippen LogP contribution in [0.4, 0.5) is 0 Å². The van der Waals surface area contributed by atoms with Gasteiger partial charge < -0.3 is 4.74 Å². The summed E-state index contributed by atoms with van der Waals surface area (Å²) in [5, 5.41) is 8.75. The first-order chi connectivity index (χ1) is 6.74.